The molecule has 3 amide bonds. The molecule has 6 heteroatoms. The molecular formula is C26H27N3O3. The molecule has 0 bridgehead atoms. The first-order valence-corrected chi connectivity index (χ1v) is 11.0. The van der Waals surface area contributed by atoms with Gasteiger partial charge in [0, 0.05) is 24.0 Å². The minimum Gasteiger partial charge on any atom is -0.354 e. The highest BCUT2D eigenvalue weighted by Crippen LogP contribution is 2.37. The Hall–Kier alpha value is -3.67. The number of hydrogen-bond acceptors (Lipinski definition) is 3. The molecule has 0 radical (unpaired) electrons. The normalized spacial score (nSPS) is 13.3. The number of amides is 3. The van der Waals surface area contributed by atoms with E-state index >= 15 is 0 Å². The van der Waals surface area contributed by atoms with Gasteiger partial charge in [-0.25, -0.2) is 0 Å². The summed E-state index contributed by atoms with van der Waals surface area (Å²) in [6.07, 6.45) is 0.815. The van der Waals surface area contributed by atoms with Crippen LogP contribution in [-0.2, 0) is 16.1 Å². The van der Waals surface area contributed by atoms with Gasteiger partial charge in [-0.15, -0.1) is 0 Å². The second-order valence-electron chi connectivity index (χ2n) is 8.05. The molecule has 6 nitrogen and oxygen atoms in total. The van der Waals surface area contributed by atoms with Gasteiger partial charge in [0.25, 0.3) is 5.91 Å². The summed E-state index contributed by atoms with van der Waals surface area (Å²) >= 11 is 0. The SMILES string of the molecule is CCCNC(=O)[C@H](C)N(Cc1ccccc1)C(=O)CN1C(=O)c2cccc3cccc1c23. The molecule has 0 aliphatic carbocycles. The van der Waals surface area contributed by atoms with Crippen molar-refractivity contribution in [1.82, 2.24) is 10.2 Å². The number of hydrogen-bond donors (Lipinski definition) is 1. The Labute approximate surface area is 187 Å². The standard InChI is InChI=1S/C26H27N3O3/c1-3-15-27-25(31)18(2)28(16-19-9-5-4-6-10-19)23(30)17-29-22-14-8-12-20-11-7-13-21(24(20)22)26(29)32/h4-14,18H,3,15-17H2,1-2H3,(H,27,31)/t18-/m0/s1. The van der Waals surface area contributed by atoms with E-state index in [4.69, 9.17) is 0 Å². The number of nitrogens with one attached hydrogen (secondary N) is 1. The van der Waals surface area contributed by atoms with Crippen LogP contribution in [-0.4, -0.2) is 41.8 Å². The molecule has 1 aliphatic heterocycles. The third-order valence-electron chi connectivity index (χ3n) is 5.85. The lowest BCUT2D eigenvalue weighted by Gasteiger charge is -2.30. The maximum atomic E-state index is 13.5. The number of carbonyl (C=O) groups is 3. The topological polar surface area (TPSA) is 69.7 Å². The Balaban J connectivity index is 1.61. The van der Waals surface area contributed by atoms with Gasteiger partial charge in [-0.1, -0.05) is 61.5 Å². The molecule has 164 valence electrons. The molecular weight excluding hydrogens is 402 g/mol. The van der Waals surface area contributed by atoms with Crippen LogP contribution in [0.25, 0.3) is 10.8 Å². The van der Waals surface area contributed by atoms with Gasteiger partial charge in [-0.05, 0) is 36.4 Å². The van der Waals surface area contributed by atoms with Gasteiger partial charge in [-0.2, -0.15) is 0 Å². The maximum absolute atomic E-state index is 13.5. The molecule has 3 aromatic rings. The van der Waals surface area contributed by atoms with Crippen molar-refractivity contribution < 1.29 is 14.4 Å². The Bertz CT molecular complexity index is 1150. The molecule has 3 aromatic carbocycles. The molecule has 1 atom stereocenters. The molecule has 1 aliphatic rings. The van der Waals surface area contributed by atoms with E-state index in [1.54, 1.807) is 17.9 Å². The van der Waals surface area contributed by atoms with Gasteiger partial charge < -0.3 is 10.2 Å². The average molecular weight is 430 g/mol. The van der Waals surface area contributed by atoms with Crippen LogP contribution in [0.3, 0.4) is 0 Å². The zero-order valence-corrected chi connectivity index (χ0v) is 18.4. The first kappa shape index (κ1) is 21.6. The summed E-state index contributed by atoms with van der Waals surface area (Å²) in [6, 6.07) is 20.2. The summed E-state index contributed by atoms with van der Waals surface area (Å²) in [5, 5.41) is 4.71. The van der Waals surface area contributed by atoms with Gasteiger partial charge in [0.15, 0.2) is 0 Å². The Morgan fingerprint density at radius 3 is 2.44 bits per heavy atom. The molecule has 4 rings (SSSR count). The third-order valence-corrected chi connectivity index (χ3v) is 5.85. The van der Waals surface area contributed by atoms with Gasteiger partial charge in [-0.3, -0.25) is 19.3 Å². The zero-order chi connectivity index (χ0) is 22.7. The summed E-state index contributed by atoms with van der Waals surface area (Å²) in [5.74, 6) is -0.659. The third kappa shape index (κ3) is 4.08. The Kier molecular flexibility index (Phi) is 6.21. The van der Waals surface area contributed by atoms with Crippen LogP contribution in [0.15, 0.2) is 66.7 Å². The highest BCUT2D eigenvalue weighted by molar-refractivity contribution is 6.26. The van der Waals surface area contributed by atoms with Gasteiger partial charge in [0.1, 0.15) is 12.6 Å². The molecule has 0 fully saturated rings. The van der Waals surface area contributed by atoms with E-state index in [9.17, 15) is 14.4 Å². The van der Waals surface area contributed by atoms with Crippen LogP contribution in [0.5, 0.6) is 0 Å². The van der Waals surface area contributed by atoms with Crippen molar-refractivity contribution in [3.8, 4) is 0 Å². The molecule has 1 N–H and O–H groups in total. The Morgan fingerprint density at radius 1 is 1.00 bits per heavy atom. The first-order chi connectivity index (χ1) is 15.5. The summed E-state index contributed by atoms with van der Waals surface area (Å²) in [6.45, 7) is 4.44. The van der Waals surface area contributed by atoms with Crippen molar-refractivity contribution in [1.29, 1.82) is 0 Å². The zero-order valence-electron chi connectivity index (χ0n) is 18.4. The monoisotopic (exact) mass is 429 g/mol. The fourth-order valence-electron chi connectivity index (χ4n) is 4.12. The summed E-state index contributed by atoms with van der Waals surface area (Å²) < 4.78 is 0. The second-order valence-corrected chi connectivity index (χ2v) is 8.05. The van der Waals surface area contributed by atoms with Crippen LogP contribution in [0, 0.1) is 0 Å². The lowest BCUT2D eigenvalue weighted by atomic mass is 10.1. The van der Waals surface area contributed by atoms with E-state index < -0.39 is 6.04 Å². The quantitative estimate of drug-likeness (QED) is 0.593. The van der Waals surface area contributed by atoms with E-state index in [1.165, 1.54) is 4.90 Å². The fourth-order valence-corrected chi connectivity index (χ4v) is 4.12. The van der Waals surface area contributed by atoms with Crippen molar-refractivity contribution in [3.63, 3.8) is 0 Å². The molecule has 0 saturated carbocycles. The van der Waals surface area contributed by atoms with Crippen LogP contribution in [0.4, 0.5) is 5.69 Å². The smallest absolute Gasteiger partial charge is 0.259 e. The van der Waals surface area contributed by atoms with E-state index in [0.29, 0.717) is 18.7 Å². The van der Waals surface area contributed by atoms with Gasteiger partial charge >= 0.3 is 0 Å². The van der Waals surface area contributed by atoms with E-state index in [1.807, 2.05) is 67.6 Å². The lowest BCUT2D eigenvalue weighted by Crippen LogP contribution is -2.51. The first-order valence-electron chi connectivity index (χ1n) is 11.0. The van der Waals surface area contributed by atoms with Crippen LogP contribution < -0.4 is 10.2 Å². The van der Waals surface area contributed by atoms with Crippen LogP contribution >= 0.6 is 0 Å². The fraction of sp³-hybridized carbons (Fsp3) is 0.269. The highest BCUT2D eigenvalue weighted by Gasteiger charge is 2.34. The predicted octanol–water partition coefficient (Wildman–Crippen LogP) is 3.74. The maximum Gasteiger partial charge on any atom is 0.259 e. The van der Waals surface area contributed by atoms with E-state index in [0.717, 1.165) is 28.4 Å². The molecule has 0 spiro atoms. The van der Waals surface area contributed by atoms with Crippen LogP contribution in [0.1, 0.15) is 36.2 Å². The lowest BCUT2D eigenvalue weighted by molar-refractivity contribution is -0.139. The number of nitrogens with zero attached hydrogens (tertiary/aromatic N) is 2. The van der Waals surface area contributed by atoms with Gasteiger partial charge in [0.05, 0.1) is 5.69 Å². The summed E-state index contributed by atoms with van der Waals surface area (Å²) in [4.78, 5) is 42.4. The second kappa shape index (κ2) is 9.22. The highest BCUT2D eigenvalue weighted by atomic mass is 16.2. The van der Waals surface area contributed by atoms with Crippen LogP contribution in [0.2, 0.25) is 0 Å². The largest absolute Gasteiger partial charge is 0.354 e. The minimum absolute atomic E-state index is 0.120. The average Bonchev–Trinajstić information content (AvgIpc) is 3.09. The predicted molar refractivity (Wildman–Crippen MR) is 125 cm³/mol. The molecule has 0 aromatic heterocycles. The summed E-state index contributed by atoms with van der Waals surface area (Å²) in [5.41, 5.74) is 2.27. The minimum atomic E-state index is -0.662. The van der Waals surface area contributed by atoms with Crippen molar-refractivity contribution in [2.75, 3.05) is 18.0 Å². The molecule has 0 unspecified atom stereocenters. The van der Waals surface area contributed by atoms with E-state index in [-0.39, 0.29) is 24.3 Å². The van der Waals surface area contributed by atoms with E-state index in [2.05, 4.69) is 5.32 Å². The number of anilines is 1. The molecule has 32 heavy (non-hydrogen) atoms. The van der Waals surface area contributed by atoms with Crippen molar-refractivity contribution in [2.45, 2.75) is 32.9 Å². The number of benzene rings is 3. The summed E-state index contributed by atoms with van der Waals surface area (Å²) in [7, 11) is 0. The van der Waals surface area contributed by atoms with Gasteiger partial charge in [0.2, 0.25) is 11.8 Å². The van der Waals surface area contributed by atoms with Crippen molar-refractivity contribution in [3.05, 3.63) is 77.9 Å². The molecule has 1 heterocycles. The van der Waals surface area contributed by atoms with Crippen molar-refractivity contribution >= 4 is 34.2 Å². The molecule has 0 saturated heterocycles. The van der Waals surface area contributed by atoms with Crippen molar-refractivity contribution in [2.24, 2.45) is 0 Å². The number of carbonyl (C=O) groups excluding carboxylic acids is 3. The number of rotatable bonds is 8. The Morgan fingerprint density at radius 2 is 1.72 bits per heavy atom.